The lowest BCUT2D eigenvalue weighted by atomic mass is 10.2. The number of methoxy groups -OCH3 is 1. The number of halogens is 1. The zero-order valence-electron chi connectivity index (χ0n) is 11.8. The molecule has 1 amide bonds. The highest BCUT2D eigenvalue weighted by molar-refractivity contribution is 5.93. The van der Waals surface area contributed by atoms with E-state index in [0.29, 0.717) is 24.6 Å². The molecule has 1 N–H and O–H groups in total. The fraction of sp³-hybridized carbons (Fsp3) is 0.429. The molecule has 0 saturated carbocycles. The second kappa shape index (κ2) is 6.00. The molecule has 0 fully saturated rings. The Morgan fingerprint density at radius 3 is 2.95 bits per heavy atom. The number of nitrogens with one attached hydrogen (secondary N) is 1. The number of aryl methyl sites for hydroxylation is 1. The van der Waals surface area contributed by atoms with E-state index in [1.54, 1.807) is 20.1 Å². The number of rotatable bonds is 5. The molecule has 0 unspecified atom stereocenters. The Bertz CT molecular complexity index is 624. The first-order valence-electron chi connectivity index (χ1n) is 6.52. The topological polar surface area (TPSA) is 56.2 Å². The molecule has 1 atom stereocenters. The van der Waals surface area contributed by atoms with Gasteiger partial charge in [-0.05, 0) is 19.1 Å². The predicted octanol–water partition coefficient (Wildman–Crippen LogP) is 2.42. The average molecular weight is 279 g/mol. The van der Waals surface area contributed by atoms with Crippen molar-refractivity contribution in [3.05, 3.63) is 24.0 Å². The highest BCUT2D eigenvalue weighted by Crippen LogP contribution is 2.21. The SMILES string of the molecule is CCn1c(NC(=O)[C@H](C)COC)nc2cc(F)ccc21. The molecule has 0 aliphatic heterocycles. The molecule has 1 aromatic carbocycles. The first-order chi connectivity index (χ1) is 9.56. The molecule has 0 aliphatic carbocycles. The van der Waals surface area contributed by atoms with E-state index >= 15 is 0 Å². The second-order valence-electron chi connectivity index (χ2n) is 4.66. The summed E-state index contributed by atoms with van der Waals surface area (Å²) in [5, 5.41) is 2.77. The van der Waals surface area contributed by atoms with Gasteiger partial charge in [0.15, 0.2) is 0 Å². The summed E-state index contributed by atoms with van der Waals surface area (Å²) in [7, 11) is 1.55. The minimum absolute atomic E-state index is 0.169. The molecule has 0 bridgehead atoms. The number of hydrogen-bond acceptors (Lipinski definition) is 3. The number of amides is 1. The first kappa shape index (κ1) is 14.5. The molecule has 0 saturated heterocycles. The fourth-order valence-electron chi connectivity index (χ4n) is 2.08. The number of benzene rings is 1. The van der Waals surface area contributed by atoms with E-state index in [2.05, 4.69) is 10.3 Å². The van der Waals surface area contributed by atoms with Crippen molar-refractivity contribution in [3.63, 3.8) is 0 Å². The van der Waals surface area contributed by atoms with Crippen LogP contribution >= 0.6 is 0 Å². The lowest BCUT2D eigenvalue weighted by Gasteiger charge is -2.11. The van der Waals surface area contributed by atoms with E-state index in [0.717, 1.165) is 5.52 Å². The van der Waals surface area contributed by atoms with Crippen LogP contribution < -0.4 is 5.32 Å². The Labute approximate surface area is 116 Å². The number of hydrogen-bond donors (Lipinski definition) is 1. The lowest BCUT2D eigenvalue weighted by Crippen LogP contribution is -2.25. The van der Waals surface area contributed by atoms with Crippen molar-refractivity contribution in [1.82, 2.24) is 9.55 Å². The summed E-state index contributed by atoms with van der Waals surface area (Å²) in [6, 6.07) is 4.40. The monoisotopic (exact) mass is 279 g/mol. The highest BCUT2D eigenvalue weighted by atomic mass is 19.1. The molecular formula is C14H18FN3O2. The minimum Gasteiger partial charge on any atom is -0.384 e. The quantitative estimate of drug-likeness (QED) is 0.914. The highest BCUT2D eigenvalue weighted by Gasteiger charge is 2.17. The van der Waals surface area contributed by atoms with Crippen LogP contribution in [0.5, 0.6) is 0 Å². The molecule has 6 heteroatoms. The maximum absolute atomic E-state index is 13.2. The van der Waals surface area contributed by atoms with E-state index in [4.69, 9.17) is 4.74 Å². The minimum atomic E-state index is -0.344. The second-order valence-corrected chi connectivity index (χ2v) is 4.66. The van der Waals surface area contributed by atoms with Crippen LogP contribution in [0.3, 0.4) is 0 Å². The number of carbonyl (C=O) groups excluding carboxylic acids is 1. The van der Waals surface area contributed by atoms with Crippen molar-refractivity contribution >= 4 is 22.9 Å². The molecule has 1 heterocycles. The van der Waals surface area contributed by atoms with Crippen LogP contribution in [0.4, 0.5) is 10.3 Å². The van der Waals surface area contributed by atoms with Gasteiger partial charge in [0.05, 0.1) is 23.6 Å². The summed E-state index contributed by atoms with van der Waals surface area (Å²) in [5.74, 6) is -0.357. The summed E-state index contributed by atoms with van der Waals surface area (Å²) < 4.78 is 20.0. The number of ether oxygens (including phenoxy) is 1. The van der Waals surface area contributed by atoms with Crippen LogP contribution in [0.25, 0.3) is 11.0 Å². The van der Waals surface area contributed by atoms with E-state index in [-0.39, 0.29) is 17.6 Å². The number of aromatic nitrogens is 2. The number of fused-ring (bicyclic) bond motifs is 1. The van der Waals surface area contributed by atoms with E-state index in [9.17, 15) is 9.18 Å². The van der Waals surface area contributed by atoms with Gasteiger partial charge in [-0.15, -0.1) is 0 Å². The molecule has 108 valence electrons. The van der Waals surface area contributed by atoms with Gasteiger partial charge in [-0.2, -0.15) is 0 Å². The van der Waals surface area contributed by atoms with Gasteiger partial charge in [-0.25, -0.2) is 9.37 Å². The van der Waals surface area contributed by atoms with Crippen LogP contribution in [0.2, 0.25) is 0 Å². The van der Waals surface area contributed by atoms with Gasteiger partial charge in [-0.3, -0.25) is 10.1 Å². The van der Waals surface area contributed by atoms with Crippen molar-refractivity contribution in [2.24, 2.45) is 5.92 Å². The third-order valence-electron chi connectivity index (χ3n) is 3.13. The Kier molecular flexibility index (Phi) is 4.34. The van der Waals surface area contributed by atoms with Crippen molar-refractivity contribution in [3.8, 4) is 0 Å². The van der Waals surface area contributed by atoms with Gasteiger partial charge >= 0.3 is 0 Å². The van der Waals surface area contributed by atoms with Crippen LogP contribution in [-0.4, -0.2) is 29.2 Å². The first-order valence-corrected chi connectivity index (χ1v) is 6.52. The largest absolute Gasteiger partial charge is 0.384 e. The Morgan fingerprint density at radius 2 is 2.30 bits per heavy atom. The smallest absolute Gasteiger partial charge is 0.231 e. The third-order valence-corrected chi connectivity index (χ3v) is 3.13. The fourth-order valence-corrected chi connectivity index (χ4v) is 2.08. The molecule has 0 spiro atoms. The summed E-state index contributed by atoms with van der Waals surface area (Å²) in [6.45, 7) is 4.69. The summed E-state index contributed by atoms with van der Waals surface area (Å²) >= 11 is 0. The molecule has 5 nitrogen and oxygen atoms in total. The van der Waals surface area contributed by atoms with Gasteiger partial charge in [0.2, 0.25) is 11.9 Å². The van der Waals surface area contributed by atoms with Gasteiger partial charge in [0, 0.05) is 19.7 Å². The number of carbonyl (C=O) groups is 1. The van der Waals surface area contributed by atoms with Crippen molar-refractivity contribution < 1.29 is 13.9 Å². The third kappa shape index (κ3) is 2.80. The number of anilines is 1. The van der Waals surface area contributed by atoms with Crippen LogP contribution in [0.15, 0.2) is 18.2 Å². The molecule has 2 aromatic rings. The Balaban J connectivity index is 2.32. The summed E-state index contributed by atoms with van der Waals surface area (Å²) in [4.78, 5) is 16.3. The predicted molar refractivity (Wildman–Crippen MR) is 75.0 cm³/mol. The zero-order chi connectivity index (χ0) is 14.7. The standard InChI is InChI=1S/C14H18FN3O2/c1-4-18-12-6-5-10(15)7-11(12)16-14(18)17-13(19)9(2)8-20-3/h5-7,9H,4,8H2,1-3H3,(H,16,17,19)/t9-/m1/s1. The van der Waals surface area contributed by atoms with Gasteiger partial charge in [-0.1, -0.05) is 6.92 Å². The summed E-state index contributed by atoms with van der Waals surface area (Å²) in [5.41, 5.74) is 1.32. The Hall–Kier alpha value is -1.95. The lowest BCUT2D eigenvalue weighted by molar-refractivity contribution is -0.120. The van der Waals surface area contributed by atoms with Crippen LogP contribution in [0.1, 0.15) is 13.8 Å². The maximum Gasteiger partial charge on any atom is 0.231 e. The molecule has 2 rings (SSSR count). The van der Waals surface area contributed by atoms with Gasteiger partial charge in [0.1, 0.15) is 5.82 Å². The average Bonchev–Trinajstić information content (AvgIpc) is 2.74. The number of imidazole rings is 1. The normalized spacial score (nSPS) is 12.6. The molecule has 0 radical (unpaired) electrons. The van der Waals surface area contributed by atoms with E-state index in [1.807, 2.05) is 11.5 Å². The van der Waals surface area contributed by atoms with Crippen LogP contribution in [-0.2, 0) is 16.1 Å². The molecule has 1 aromatic heterocycles. The Morgan fingerprint density at radius 1 is 1.55 bits per heavy atom. The zero-order valence-corrected chi connectivity index (χ0v) is 11.8. The maximum atomic E-state index is 13.2. The van der Waals surface area contributed by atoms with Gasteiger partial charge < -0.3 is 9.30 Å². The van der Waals surface area contributed by atoms with Crippen molar-refractivity contribution in [1.29, 1.82) is 0 Å². The molecular weight excluding hydrogens is 261 g/mol. The number of nitrogens with zero attached hydrogens (tertiary/aromatic N) is 2. The van der Waals surface area contributed by atoms with Gasteiger partial charge in [0.25, 0.3) is 0 Å². The van der Waals surface area contributed by atoms with Crippen molar-refractivity contribution in [2.45, 2.75) is 20.4 Å². The van der Waals surface area contributed by atoms with E-state index in [1.165, 1.54) is 12.1 Å². The summed E-state index contributed by atoms with van der Waals surface area (Å²) in [6.07, 6.45) is 0. The van der Waals surface area contributed by atoms with E-state index < -0.39 is 0 Å². The van der Waals surface area contributed by atoms with Crippen LogP contribution in [0, 0.1) is 11.7 Å². The van der Waals surface area contributed by atoms with Crippen molar-refractivity contribution in [2.75, 3.05) is 19.0 Å². The molecule has 20 heavy (non-hydrogen) atoms. The molecule has 0 aliphatic rings.